The molecule has 2 aliphatic carbocycles. The van der Waals surface area contributed by atoms with Gasteiger partial charge in [0.25, 0.3) is 0 Å². The van der Waals surface area contributed by atoms with Gasteiger partial charge in [-0.3, -0.25) is 5.43 Å². The first-order chi connectivity index (χ1) is 9.83. The van der Waals surface area contributed by atoms with Crippen LogP contribution in [0.15, 0.2) is 35.4 Å². The van der Waals surface area contributed by atoms with Crippen molar-refractivity contribution in [1.82, 2.24) is 0 Å². The molecule has 4 nitrogen and oxygen atoms in total. The maximum atomic E-state index is 11.8. The van der Waals surface area contributed by atoms with Crippen LogP contribution in [0.3, 0.4) is 0 Å². The molecule has 112 valence electrons. The van der Waals surface area contributed by atoms with E-state index in [1.54, 1.807) is 0 Å². The van der Waals surface area contributed by atoms with Gasteiger partial charge in [-0.1, -0.05) is 39.0 Å². The van der Waals surface area contributed by atoms with Crippen molar-refractivity contribution in [3.05, 3.63) is 30.3 Å². The highest BCUT2D eigenvalue weighted by atomic mass is 16.4. The number of rotatable bonds is 3. The molecule has 2 bridgehead atoms. The van der Waals surface area contributed by atoms with Crippen molar-refractivity contribution in [2.45, 2.75) is 40.0 Å². The minimum atomic E-state index is -0.930. The molecule has 0 unspecified atom stereocenters. The highest BCUT2D eigenvalue weighted by Crippen LogP contribution is 2.70. The Labute approximate surface area is 125 Å². The van der Waals surface area contributed by atoms with Gasteiger partial charge in [0.2, 0.25) is 0 Å². The third kappa shape index (κ3) is 1.68. The second-order valence-electron chi connectivity index (χ2n) is 7.04. The molecule has 0 heterocycles. The average Bonchev–Trinajstić information content (AvgIpc) is 2.76. The van der Waals surface area contributed by atoms with E-state index >= 15 is 0 Å². The molecule has 0 spiro atoms. The summed E-state index contributed by atoms with van der Waals surface area (Å²) in [5, 5.41) is 16.3. The van der Waals surface area contributed by atoms with Crippen LogP contribution in [0.4, 0.5) is 5.69 Å². The maximum absolute atomic E-state index is 11.8. The van der Waals surface area contributed by atoms with Crippen molar-refractivity contribution in [2.75, 3.05) is 5.43 Å². The van der Waals surface area contributed by atoms with Gasteiger partial charge in [0.15, 0.2) is 0 Å². The molecular weight excluding hydrogens is 264 g/mol. The third-order valence-corrected chi connectivity index (χ3v) is 6.22. The van der Waals surface area contributed by atoms with Crippen LogP contribution in [0.1, 0.15) is 40.0 Å². The Hall–Kier alpha value is -1.84. The molecule has 1 aromatic carbocycles. The van der Waals surface area contributed by atoms with E-state index in [4.69, 9.17) is 0 Å². The van der Waals surface area contributed by atoms with Crippen LogP contribution >= 0.6 is 0 Å². The number of carbonyl (C=O) groups is 1. The molecule has 0 radical (unpaired) electrons. The van der Waals surface area contributed by atoms with Gasteiger partial charge in [-0.05, 0) is 36.8 Å². The lowest BCUT2D eigenvalue weighted by molar-refractivity contribution is -0.323. The lowest BCUT2D eigenvalue weighted by atomic mass is 9.65. The molecule has 1 aromatic rings. The second-order valence-corrected chi connectivity index (χ2v) is 7.04. The zero-order chi connectivity index (χ0) is 15.3. The van der Waals surface area contributed by atoms with Gasteiger partial charge in [0.05, 0.1) is 5.69 Å². The summed E-state index contributed by atoms with van der Waals surface area (Å²) >= 11 is 0. The number of hydrogen-bond acceptors (Lipinski definition) is 4. The molecule has 0 saturated heterocycles. The summed E-state index contributed by atoms with van der Waals surface area (Å²) in [7, 11) is 0. The molecule has 3 rings (SSSR count). The number of hydrazone groups is 1. The monoisotopic (exact) mass is 285 g/mol. The smallest absolute Gasteiger partial charge is 0.0561 e. The molecule has 0 aliphatic heterocycles. The van der Waals surface area contributed by atoms with Crippen molar-refractivity contribution < 1.29 is 9.90 Å². The molecule has 2 fully saturated rings. The van der Waals surface area contributed by atoms with Crippen LogP contribution in [-0.4, -0.2) is 11.7 Å². The van der Waals surface area contributed by atoms with Crippen LogP contribution in [0, 0.1) is 16.2 Å². The number of carboxylic acids is 1. The van der Waals surface area contributed by atoms with E-state index in [1.807, 2.05) is 44.2 Å². The normalized spacial score (nSPS) is 35.1. The molecular formula is C17H21N2O2-. The van der Waals surface area contributed by atoms with Gasteiger partial charge < -0.3 is 9.90 Å². The third-order valence-electron chi connectivity index (χ3n) is 6.22. The average molecular weight is 285 g/mol. The Morgan fingerprint density at radius 1 is 1.19 bits per heavy atom. The van der Waals surface area contributed by atoms with E-state index in [9.17, 15) is 9.90 Å². The molecule has 1 N–H and O–H groups in total. The highest BCUT2D eigenvalue weighted by molar-refractivity contribution is 6.00. The lowest BCUT2D eigenvalue weighted by Crippen LogP contribution is -2.47. The summed E-state index contributed by atoms with van der Waals surface area (Å²) in [6.07, 6.45) is 2.02. The van der Waals surface area contributed by atoms with Crippen LogP contribution < -0.4 is 10.5 Å². The Morgan fingerprint density at radius 2 is 1.86 bits per heavy atom. The summed E-state index contributed by atoms with van der Waals surface area (Å²) in [6, 6.07) is 9.72. The maximum Gasteiger partial charge on any atom is 0.0561 e. The van der Waals surface area contributed by atoms with E-state index in [0.717, 1.165) is 17.8 Å². The minimum absolute atomic E-state index is 0.186. The van der Waals surface area contributed by atoms with Gasteiger partial charge in [-0.15, -0.1) is 0 Å². The van der Waals surface area contributed by atoms with Gasteiger partial charge in [0, 0.05) is 22.5 Å². The first-order valence-corrected chi connectivity index (χ1v) is 7.43. The fraction of sp³-hybridized carbons (Fsp3) is 0.529. The van der Waals surface area contributed by atoms with E-state index in [1.165, 1.54) is 0 Å². The van der Waals surface area contributed by atoms with Crippen LogP contribution in [0.2, 0.25) is 0 Å². The Bertz CT molecular complexity index is 608. The van der Waals surface area contributed by atoms with Crippen molar-refractivity contribution in [1.29, 1.82) is 0 Å². The van der Waals surface area contributed by atoms with E-state index < -0.39 is 11.4 Å². The van der Waals surface area contributed by atoms with E-state index in [-0.39, 0.29) is 10.8 Å². The quantitative estimate of drug-likeness (QED) is 0.867. The first kappa shape index (κ1) is 14.1. The molecule has 0 amide bonds. The van der Waals surface area contributed by atoms with Crippen LogP contribution in [0.25, 0.3) is 0 Å². The molecule has 2 atom stereocenters. The van der Waals surface area contributed by atoms with E-state index in [2.05, 4.69) is 17.5 Å². The van der Waals surface area contributed by atoms with Crippen LogP contribution in [0.5, 0.6) is 0 Å². The summed E-state index contributed by atoms with van der Waals surface area (Å²) in [4.78, 5) is 11.8. The first-order valence-electron chi connectivity index (χ1n) is 7.43. The number of carboxylic acid groups (broad SMARTS) is 1. The summed E-state index contributed by atoms with van der Waals surface area (Å²) < 4.78 is 0. The molecule has 2 aliphatic rings. The number of nitrogens with zero attached hydrogens (tertiary/aromatic N) is 1. The fourth-order valence-corrected chi connectivity index (χ4v) is 4.15. The largest absolute Gasteiger partial charge is 0.550 e. The second kappa shape index (κ2) is 4.33. The topological polar surface area (TPSA) is 64.5 Å². The number of aliphatic carboxylic acids is 1. The number of carbonyl (C=O) groups excluding carboxylic acids is 1. The van der Waals surface area contributed by atoms with Crippen molar-refractivity contribution in [2.24, 2.45) is 21.3 Å². The van der Waals surface area contributed by atoms with Crippen molar-refractivity contribution in [3.63, 3.8) is 0 Å². The fourth-order valence-electron chi connectivity index (χ4n) is 4.15. The molecule has 4 heteroatoms. The molecule has 0 aromatic heterocycles. The summed E-state index contributed by atoms with van der Waals surface area (Å²) in [5.41, 5.74) is 3.63. The van der Waals surface area contributed by atoms with Crippen molar-refractivity contribution >= 4 is 17.4 Å². The van der Waals surface area contributed by atoms with Crippen molar-refractivity contribution in [3.8, 4) is 0 Å². The SMILES string of the molecule is CC1(C)[C@@]2(C(=O)[O-])CC[C@]1(C)C(=NNc1ccccc1)C2. The molecule has 21 heavy (non-hydrogen) atoms. The van der Waals surface area contributed by atoms with Gasteiger partial charge in [-0.25, -0.2) is 0 Å². The number of hydrogen-bond donors (Lipinski definition) is 1. The van der Waals surface area contributed by atoms with Crippen LogP contribution in [-0.2, 0) is 4.79 Å². The number of fused-ring (bicyclic) bond motifs is 2. The predicted octanol–water partition coefficient (Wildman–Crippen LogP) is 2.42. The number of anilines is 1. The van der Waals surface area contributed by atoms with Gasteiger partial charge in [0.1, 0.15) is 0 Å². The molecule has 2 saturated carbocycles. The number of para-hydroxylation sites is 1. The van der Waals surface area contributed by atoms with E-state index in [0.29, 0.717) is 12.8 Å². The Balaban J connectivity index is 1.94. The Morgan fingerprint density at radius 3 is 2.43 bits per heavy atom. The minimum Gasteiger partial charge on any atom is -0.550 e. The number of benzene rings is 1. The van der Waals surface area contributed by atoms with Gasteiger partial charge in [-0.2, -0.15) is 5.10 Å². The predicted molar refractivity (Wildman–Crippen MR) is 80.7 cm³/mol. The highest BCUT2D eigenvalue weighted by Gasteiger charge is 2.69. The summed E-state index contributed by atoms with van der Waals surface area (Å²) in [6.45, 7) is 6.22. The Kier molecular flexibility index (Phi) is 2.91. The summed E-state index contributed by atoms with van der Waals surface area (Å²) in [5.74, 6) is -0.930. The standard InChI is InChI=1S/C17H22N2O2/c1-15(2)16(3)9-10-17(15,14(20)21)11-13(16)19-18-12-7-5-4-6-8-12/h4-8,18H,9-11H2,1-3H3,(H,20,21)/p-1/t16-,17+/m1/s1. The van der Waals surface area contributed by atoms with Gasteiger partial charge >= 0.3 is 0 Å². The zero-order valence-corrected chi connectivity index (χ0v) is 12.8. The zero-order valence-electron chi connectivity index (χ0n) is 12.8. The number of nitrogens with one attached hydrogen (secondary N) is 1. The lowest BCUT2D eigenvalue weighted by Gasteiger charge is -2.41.